The van der Waals surface area contributed by atoms with Crippen molar-refractivity contribution in [3.05, 3.63) is 186 Å². The third kappa shape index (κ3) is 6.76. The minimum Gasteiger partial charge on any atom is -0.355 e. The van der Waals surface area contributed by atoms with E-state index in [0.29, 0.717) is 6.07 Å². The summed E-state index contributed by atoms with van der Waals surface area (Å²) < 4.78 is 311. The van der Waals surface area contributed by atoms with Crippen LogP contribution in [0.4, 0.5) is 87.8 Å². The molecular weight excluding hydrogens is 1000 g/mol. The molecule has 7 aromatic rings. The fraction of sp³-hybridized carbons (Fsp3) is 0. The summed E-state index contributed by atoms with van der Waals surface area (Å²) in [6, 6.07) is 4.62. The number of hydrogen-bond acceptors (Lipinski definition) is 2. The first-order chi connectivity index (χ1) is 32.5. The Balaban J connectivity index is 1.72. The maximum absolute atomic E-state index is 16.5. The van der Waals surface area contributed by atoms with Gasteiger partial charge in [0.1, 0.15) is 0 Å². The molecular formula is C44H9ClF20N4. The number of rotatable bonds is 4. The van der Waals surface area contributed by atoms with Crippen molar-refractivity contribution in [2.24, 2.45) is 0 Å². The predicted molar refractivity (Wildman–Crippen MR) is 203 cm³/mol. The molecule has 2 aliphatic rings. The Hall–Kier alpha value is -7.63. The molecule has 0 saturated heterocycles. The van der Waals surface area contributed by atoms with E-state index in [9.17, 15) is 17.6 Å². The van der Waals surface area contributed by atoms with E-state index in [-0.39, 0.29) is 16.9 Å². The third-order valence-corrected chi connectivity index (χ3v) is 11.0. The topological polar surface area (TPSA) is 57.4 Å². The van der Waals surface area contributed by atoms with Crippen molar-refractivity contribution >= 4 is 57.0 Å². The van der Waals surface area contributed by atoms with Crippen molar-refractivity contribution in [2.45, 2.75) is 0 Å². The molecule has 3 aromatic heterocycles. The maximum Gasteiger partial charge on any atom is 0.200 e. The second kappa shape index (κ2) is 16.3. The molecule has 0 radical (unpaired) electrons. The van der Waals surface area contributed by atoms with Gasteiger partial charge in [0.25, 0.3) is 0 Å². The molecule has 25 heteroatoms. The Morgan fingerprint density at radius 2 is 0.681 bits per heavy atom. The van der Waals surface area contributed by atoms with E-state index in [1.54, 1.807) is 0 Å². The van der Waals surface area contributed by atoms with Gasteiger partial charge in [0.15, 0.2) is 93.1 Å². The fourth-order valence-corrected chi connectivity index (χ4v) is 7.84. The van der Waals surface area contributed by atoms with E-state index < -0.39 is 194 Å². The second-order valence-electron chi connectivity index (χ2n) is 14.4. The van der Waals surface area contributed by atoms with Gasteiger partial charge in [-0.2, -0.15) is 0 Å². The molecule has 352 valence electrons. The summed E-state index contributed by atoms with van der Waals surface area (Å²) in [5.41, 5.74) is -25.2. The smallest absolute Gasteiger partial charge is 0.200 e. The molecule has 2 aliphatic heterocycles. The summed E-state index contributed by atoms with van der Waals surface area (Å²) in [4.78, 5) is 12.6. The molecule has 2 N–H and O–H groups in total. The number of aromatic nitrogens is 4. The highest BCUT2D eigenvalue weighted by Crippen LogP contribution is 2.52. The fourth-order valence-electron chi connectivity index (χ4n) is 7.55. The minimum absolute atomic E-state index is 0.00927. The van der Waals surface area contributed by atoms with Gasteiger partial charge in [0.2, 0.25) is 23.3 Å². The van der Waals surface area contributed by atoms with Crippen LogP contribution in [0.15, 0.2) is 30.3 Å². The largest absolute Gasteiger partial charge is 0.355 e. The summed E-state index contributed by atoms with van der Waals surface area (Å²) in [6.07, 6.45) is 2.41. The van der Waals surface area contributed by atoms with Crippen molar-refractivity contribution in [3.8, 4) is 22.3 Å². The van der Waals surface area contributed by atoms with Gasteiger partial charge in [0, 0.05) is 33.3 Å². The monoisotopic (exact) mass is 1010 g/mol. The van der Waals surface area contributed by atoms with Crippen LogP contribution >= 0.6 is 11.6 Å². The molecule has 4 nitrogen and oxygen atoms in total. The summed E-state index contributed by atoms with van der Waals surface area (Å²) >= 11 is 6.52. The first-order valence-corrected chi connectivity index (χ1v) is 18.8. The van der Waals surface area contributed by atoms with E-state index in [1.165, 1.54) is 18.2 Å². The van der Waals surface area contributed by atoms with Gasteiger partial charge < -0.3 is 9.97 Å². The van der Waals surface area contributed by atoms with Gasteiger partial charge in [-0.1, -0.05) is 11.6 Å². The average Bonchev–Trinajstić information content (AvgIpc) is 4.12. The van der Waals surface area contributed by atoms with E-state index in [0.717, 1.165) is 18.2 Å². The zero-order valence-electron chi connectivity index (χ0n) is 32.4. The van der Waals surface area contributed by atoms with Crippen LogP contribution in [0.3, 0.4) is 0 Å². The van der Waals surface area contributed by atoms with Gasteiger partial charge in [-0.05, 0) is 42.5 Å². The molecule has 0 unspecified atom stereocenters. The summed E-state index contributed by atoms with van der Waals surface area (Å²) in [5, 5.41) is -1.35. The molecule has 8 bridgehead atoms. The third-order valence-electron chi connectivity index (χ3n) is 10.6. The van der Waals surface area contributed by atoms with Gasteiger partial charge in [-0.15, -0.1) is 0 Å². The van der Waals surface area contributed by atoms with Crippen molar-refractivity contribution in [1.29, 1.82) is 0 Å². The van der Waals surface area contributed by atoms with Crippen LogP contribution in [0.25, 0.3) is 67.6 Å². The molecule has 0 spiro atoms. The number of halogens is 21. The van der Waals surface area contributed by atoms with Crippen LogP contribution in [-0.4, -0.2) is 19.9 Å². The number of nitrogens with one attached hydrogen (secondary N) is 2. The summed E-state index contributed by atoms with van der Waals surface area (Å²) in [7, 11) is 0. The predicted octanol–water partition coefficient (Wildman–Crippen LogP) is 14.3. The Labute approximate surface area is 372 Å². The highest BCUT2D eigenvalue weighted by atomic mass is 35.5. The standard InChI is InChI=1S/C44H9ClF20N4/c45-22-13-7-11-4-2-9(67-11)5-8-1-3-10(66-8)6-12-14(17-23(46)31(54)39(62)32(55)24(17)47)15(18-25(48)33(56)40(63)34(57)26(18)49)43(68-12)21(20-29(52)37(60)42(65)38(61)30(20)53)44(69-13)16(22)19-27(50)35(58)41(64)36(59)28(19)51/h1-7,66,69H. The number of hydrogen-bond donors (Lipinski definition) is 2. The van der Waals surface area contributed by atoms with E-state index in [2.05, 4.69) is 19.9 Å². The number of aromatic amines is 2. The lowest BCUT2D eigenvalue weighted by Crippen LogP contribution is -2.11. The number of fused-ring (bicyclic) bond motifs is 8. The number of nitrogens with zero attached hydrogens (tertiary/aromatic N) is 2. The Kier molecular flexibility index (Phi) is 11.0. The molecule has 0 atom stereocenters. The Morgan fingerprint density at radius 3 is 1.12 bits per heavy atom. The van der Waals surface area contributed by atoms with Crippen molar-refractivity contribution in [2.75, 3.05) is 0 Å². The van der Waals surface area contributed by atoms with E-state index in [4.69, 9.17) is 11.6 Å². The lowest BCUT2D eigenvalue weighted by atomic mass is 9.87. The Morgan fingerprint density at radius 1 is 0.333 bits per heavy atom. The summed E-state index contributed by atoms with van der Waals surface area (Å²) in [6.45, 7) is 0. The van der Waals surface area contributed by atoms with Crippen molar-refractivity contribution < 1.29 is 87.8 Å². The van der Waals surface area contributed by atoms with Gasteiger partial charge in [0.05, 0.1) is 61.1 Å². The van der Waals surface area contributed by atoms with E-state index in [1.807, 2.05) is 0 Å². The SMILES string of the molecule is Fc1c(F)c(F)c(C2=C(c3c(F)c(F)c(F)c(F)c3F)c3nc2cc2ccc(cc4nc(cc5[nH]c(c3-c3c(F)c(F)c(F)c(F)c3F)c(-c3c(F)c(F)c(F)c(F)c3F)c5Cl)C=C4)[nH]2)c(F)c1F. The van der Waals surface area contributed by atoms with Crippen LogP contribution in [-0.2, 0) is 0 Å². The molecule has 69 heavy (non-hydrogen) atoms. The van der Waals surface area contributed by atoms with E-state index >= 15 is 70.2 Å². The maximum atomic E-state index is 16.5. The lowest BCUT2D eigenvalue weighted by Gasteiger charge is -2.17. The first-order valence-electron chi connectivity index (χ1n) is 18.4. The van der Waals surface area contributed by atoms with Crippen molar-refractivity contribution in [3.63, 3.8) is 0 Å². The van der Waals surface area contributed by atoms with Crippen LogP contribution in [0.1, 0.15) is 33.9 Å². The first kappa shape index (κ1) is 46.5. The second-order valence-corrected chi connectivity index (χ2v) is 14.8. The minimum atomic E-state index is -3.08. The quantitative estimate of drug-likeness (QED) is 0.105. The zero-order chi connectivity index (χ0) is 50.1. The zero-order valence-corrected chi connectivity index (χ0v) is 33.1. The van der Waals surface area contributed by atoms with Crippen LogP contribution in [0, 0.1) is 116 Å². The molecule has 9 rings (SSSR count). The van der Waals surface area contributed by atoms with Gasteiger partial charge >= 0.3 is 0 Å². The Bertz CT molecular complexity index is 3650. The van der Waals surface area contributed by atoms with Crippen LogP contribution in [0.2, 0.25) is 5.02 Å². The average molecular weight is 1010 g/mol. The highest BCUT2D eigenvalue weighted by molar-refractivity contribution is 6.38. The molecule has 0 fully saturated rings. The number of H-pyrrole nitrogens is 2. The lowest BCUT2D eigenvalue weighted by molar-refractivity contribution is 0.375. The van der Waals surface area contributed by atoms with Gasteiger partial charge in [-0.25, -0.2) is 97.8 Å². The summed E-state index contributed by atoms with van der Waals surface area (Å²) in [5.74, 6) is -59.5. The normalized spacial score (nSPS) is 12.6. The van der Waals surface area contributed by atoms with Crippen LogP contribution in [0.5, 0.6) is 0 Å². The molecule has 0 aliphatic carbocycles. The number of benzene rings is 4. The molecule has 0 saturated carbocycles. The molecule has 4 aromatic carbocycles. The molecule has 5 heterocycles. The highest BCUT2D eigenvalue weighted by Gasteiger charge is 2.42. The van der Waals surface area contributed by atoms with Crippen LogP contribution < -0.4 is 0 Å². The molecule has 0 amide bonds. The van der Waals surface area contributed by atoms with Gasteiger partial charge in [-0.3, -0.25) is 0 Å². The van der Waals surface area contributed by atoms with Crippen molar-refractivity contribution in [1.82, 2.24) is 19.9 Å².